The average Bonchev–Trinajstić information content (AvgIpc) is 2.84. The minimum absolute atomic E-state index is 0.337. The van der Waals surface area contributed by atoms with Crippen LogP contribution >= 0.6 is 0 Å². The Balaban J connectivity index is 1.49. The fourth-order valence-electron chi connectivity index (χ4n) is 3.63. The molecule has 0 aliphatic carbocycles. The molecule has 128 valence electrons. The van der Waals surface area contributed by atoms with Crippen LogP contribution in [0.5, 0.6) is 0 Å². The molecule has 0 spiro atoms. The second-order valence-corrected chi connectivity index (χ2v) is 8.69. The minimum Gasteiger partial charge on any atom is -0.375 e. The van der Waals surface area contributed by atoms with Crippen LogP contribution in [0.2, 0.25) is 0 Å². The molecule has 6 heteroatoms. The molecule has 2 atom stereocenters. The molecule has 3 saturated heterocycles. The maximum absolute atomic E-state index is 11.9. The van der Waals surface area contributed by atoms with Gasteiger partial charge >= 0.3 is 0 Å². The summed E-state index contributed by atoms with van der Waals surface area (Å²) in [6.07, 6.45) is 3.55. The van der Waals surface area contributed by atoms with E-state index in [1.54, 1.807) is 4.31 Å². The number of piperidine rings is 1. The summed E-state index contributed by atoms with van der Waals surface area (Å²) in [7, 11) is -3.08. The van der Waals surface area contributed by atoms with Crippen molar-refractivity contribution >= 4 is 10.0 Å². The van der Waals surface area contributed by atoms with Gasteiger partial charge in [-0.15, -0.1) is 0 Å². The number of hydrogen-bond donors (Lipinski definition) is 0. The van der Waals surface area contributed by atoms with Crippen molar-refractivity contribution in [3.63, 3.8) is 0 Å². The summed E-state index contributed by atoms with van der Waals surface area (Å²) in [5.41, 5.74) is 1.19. The first kappa shape index (κ1) is 16.9. The van der Waals surface area contributed by atoms with Crippen LogP contribution in [-0.4, -0.2) is 62.7 Å². The van der Waals surface area contributed by atoms with E-state index in [-0.39, 0.29) is 0 Å². The molecule has 0 N–H and O–H groups in total. The predicted molar refractivity (Wildman–Crippen MR) is 90.6 cm³/mol. The molecule has 0 amide bonds. The molecule has 3 aliphatic heterocycles. The molecule has 2 bridgehead atoms. The fraction of sp³-hybridized carbons (Fsp3) is 0.647. The number of hydrogen-bond acceptors (Lipinski definition) is 4. The van der Waals surface area contributed by atoms with Gasteiger partial charge in [-0.05, 0) is 24.3 Å². The van der Waals surface area contributed by atoms with Gasteiger partial charge in [-0.3, -0.25) is 4.90 Å². The summed E-state index contributed by atoms with van der Waals surface area (Å²) in [5, 5.41) is 0. The van der Waals surface area contributed by atoms with Crippen LogP contribution in [0.15, 0.2) is 30.3 Å². The van der Waals surface area contributed by atoms with Crippen molar-refractivity contribution in [3.05, 3.63) is 35.9 Å². The van der Waals surface area contributed by atoms with E-state index >= 15 is 0 Å². The third-order valence-electron chi connectivity index (χ3n) is 4.90. The van der Waals surface area contributed by atoms with Gasteiger partial charge in [0.1, 0.15) is 0 Å². The lowest BCUT2D eigenvalue weighted by molar-refractivity contribution is 0.0593. The summed E-state index contributed by atoms with van der Waals surface area (Å²) in [5.74, 6) is 0.456. The summed E-state index contributed by atoms with van der Waals surface area (Å²) >= 11 is 0. The summed E-state index contributed by atoms with van der Waals surface area (Å²) in [6, 6.07) is 10.5. The second-order valence-electron chi connectivity index (χ2n) is 6.71. The number of rotatable bonds is 6. The second kappa shape index (κ2) is 7.30. The van der Waals surface area contributed by atoms with E-state index in [9.17, 15) is 8.42 Å². The number of benzene rings is 1. The predicted octanol–water partition coefficient (Wildman–Crippen LogP) is 1.56. The topological polar surface area (TPSA) is 49.9 Å². The Labute approximate surface area is 139 Å². The number of nitrogens with zero attached hydrogens (tertiary/aromatic N) is 2. The van der Waals surface area contributed by atoms with Crippen molar-refractivity contribution in [1.29, 1.82) is 0 Å². The van der Waals surface area contributed by atoms with Gasteiger partial charge in [-0.1, -0.05) is 30.3 Å². The summed E-state index contributed by atoms with van der Waals surface area (Å²) in [6.45, 7) is 4.51. The van der Waals surface area contributed by atoms with Crippen LogP contribution in [0.1, 0.15) is 18.4 Å². The quantitative estimate of drug-likeness (QED) is 0.739. The Kier molecular flexibility index (Phi) is 5.36. The van der Waals surface area contributed by atoms with Crippen LogP contribution in [0.4, 0.5) is 0 Å². The highest BCUT2D eigenvalue weighted by atomic mass is 32.2. The highest BCUT2D eigenvalue weighted by Crippen LogP contribution is 2.28. The van der Waals surface area contributed by atoms with Crippen molar-refractivity contribution in [1.82, 2.24) is 9.21 Å². The highest BCUT2D eigenvalue weighted by molar-refractivity contribution is 7.88. The maximum atomic E-state index is 11.9. The largest absolute Gasteiger partial charge is 0.375 e. The molecule has 23 heavy (non-hydrogen) atoms. The zero-order valence-electron chi connectivity index (χ0n) is 13.7. The zero-order valence-corrected chi connectivity index (χ0v) is 14.5. The van der Waals surface area contributed by atoms with Crippen molar-refractivity contribution in [2.75, 3.05) is 39.0 Å². The monoisotopic (exact) mass is 338 g/mol. The Hall–Kier alpha value is -0.950. The molecule has 5 nitrogen and oxygen atoms in total. The third-order valence-corrected chi connectivity index (χ3v) is 6.13. The van der Waals surface area contributed by atoms with Crippen molar-refractivity contribution < 1.29 is 13.2 Å². The van der Waals surface area contributed by atoms with Gasteiger partial charge in [-0.2, -0.15) is 0 Å². The number of sulfonamides is 1. The van der Waals surface area contributed by atoms with E-state index in [1.165, 1.54) is 11.8 Å². The van der Waals surface area contributed by atoms with E-state index in [4.69, 9.17) is 4.74 Å². The molecule has 3 heterocycles. The van der Waals surface area contributed by atoms with Gasteiger partial charge < -0.3 is 4.74 Å². The van der Waals surface area contributed by atoms with Crippen molar-refractivity contribution in [2.24, 2.45) is 5.92 Å². The van der Waals surface area contributed by atoms with E-state index in [0.717, 1.165) is 25.9 Å². The fourth-order valence-corrected chi connectivity index (χ4v) is 4.55. The van der Waals surface area contributed by atoms with Gasteiger partial charge in [-0.25, -0.2) is 12.7 Å². The average molecular weight is 338 g/mol. The van der Waals surface area contributed by atoms with Crippen LogP contribution < -0.4 is 0 Å². The Morgan fingerprint density at radius 3 is 2.65 bits per heavy atom. The van der Waals surface area contributed by atoms with E-state index in [0.29, 0.717) is 38.3 Å². The molecule has 1 aromatic carbocycles. The first-order chi connectivity index (χ1) is 11.0. The van der Waals surface area contributed by atoms with Gasteiger partial charge in [0.25, 0.3) is 0 Å². The lowest BCUT2D eigenvalue weighted by Crippen LogP contribution is -2.45. The number of ether oxygens (including phenoxy) is 1. The smallest absolute Gasteiger partial charge is 0.211 e. The normalized spacial score (nSPS) is 26.3. The molecule has 0 saturated carbocycles. The Morgan fingerprint density at radius 1 is 1.13 bits per heavy atom. The van der Waals surface area contributed by atoms with Gasteiger partial charge in [0, 0.05) is 32.2 Å². The third kappa shape index (κ3) is 4.53. The Bertz CT molecular complexity index is 606. The molecule has 0 unspecified atom stereocenters. The Morgan fingerprint density at radius 2 is 1.91 bits per heavy atom. The first-order valence-corrected chi connectivity index (χ1v) is 10.2. The first-order valence-electron chi connectivity index (χ1n) is 8.33. The molecular formula is C17H26N2O3S. The van der Waals surface area contributed by atoms with E-state index in [2.05, 4.69) is 17.0 Å². The SMILES string of the molecule is CS(=O)(=O)N1C[C@@H]2CC[C@H](C1)N(CCOCc1ccccc1)C2. The summed E-state index contributed by atoms with van der Waals surface area (Å²) < 4.78 is 31.2. The molecular weight excluding hydrogens is 312 g/mol. The van der Waals surface area contributed by atoms with Crippen molar-refractivity contribution in [3.8, 4) is 0 Å². The zero-order chi connectivity index (χ0) is 16.3. The van der Waals surface area contributed by atoms with Crippen molar-refractivity contribution in [2.45, 2.75) is 25.5 Å². The maximum Gasteiger partial charge on any atom is 0.211 e. The molecule has 0 radical (unpaired) electrons. The van der Waals surface area contributed by atoms with Crippen LogP contribution in [0, 0.1) is 5.92 Å². The van der Waals surface area contributed by atoms with Gasteiger partial charge in [0.05, 0.1) is 19.5 Å². The summed E-state index contributed by atoms with van der Waals surface area (Å²) in [4.78, 5) is 2.42. The molecule has 4 rings (SSSR count). The number of fused-ring (bicyclic) bond motifs is 4. The van der Waals surface area contributed by atoms with Crippen LogP contribution in [0.3, 0.4) is 0 Å². The highest BCUT2D eigenvalue weighted by Gasteiger charge is 2.37. The van der Waals surface area contributed by atoms with E-state index < -0.39 is 10.0 Å². The van der Waals surface area contributed by atoms with Crippen LogP contribution in [-0.2, 0) is 21.4 Å². The molecule has 1 aromatic rings. The van der Waals surface area contributed by atoms with Crippen LogP contribution in [0.25, 0.3) is 0 Å². The molecule has 0 aromatic heterocycles. The lowest BCUT2D eigenvalue weighted by Gasteiger charge is -2.35. The standard InChI is InChI=1S/C17H26N2O3S/c1-23(20,21)19-12-16-7-8-17(13-19)18(11-16)9-10-22-14-15-5-3-2-4-6-15/h2-6,16-17H,7-14H2,1H3/t16-,17-/m1/s1. The van der Waals surface area contributed by atoms with E-state index in [1.807, 2.05) is 18.2 Å². The van der Waals surface area contributed by atoms with Gasteiger partial charge in [0.15, 0.2) is 0 Å². The van der Waals surface area contributed by atoms with Gasteiger partial charge in [0.2, 0.25) is 10.0 Å². The lowest BCUT2D eigenvalue weighted by atomic mass is 9.95. The molecule has 3 fully saturated rings. The molecule has 3 aliphatic rings. The minimum atomic E-state index is -3.08.